The summed E-state index contributed by atoms with van der Waals surface area (Å²) < 4.78 is 0. The second-order valence-electron chi connectivity index (χ2n) is 2.32. The number of benzene rings is 1. The van der Waals surface area contributed by atoms with Crippen LogP contribution in [0, 0.1) is 0 Å². The van der Waals surface area contributed by atoms with Crippen molar-refractivity contribution in [2.24, 2.45) is 0 Å². The number of anilines is 1. The van der Waals surface area contributed by atoms with Gasteiger partial charge < -0.3 is 5.73 Å². The maximum absolute atomic E-state index is 5.65. The van der Waals surface area contributed by atoms with E-state index >= 15 is 0 Å². The van der Waals surface area contributed by atoms with E-state index in [9.17, 15) is 0 Å². The second-order valence-corrected chi connectivity index (χ2v) is 2.32. The molecule has 0 bridgehead atoms. The van der Waals surface area contributed by atoms with Crippen LogP contribution in [-0.2, 0) is 0 Å². The van der Waals surface area contributed by atoms with Crippen molar-refractivity contribution in [1.82, 2.24) is 10.2 Å². The molecule has 0 aliphatic heterocycles. The number of fused-ring (bicyclic) bond motifs is 1. The van der Waals surface area contributed by atoms with E-state index in [-0.39, 0.29) is 0 Å². The fraction of sp³-hybridized carbons (Fsp3) is 0. The van der Waals surface area contributed by atoms with Crippen LogP contribution < -0.4 is 5.73 Å². The van der Waals surface area contributed by atoms with Gasteiger partial charge in [-0.3, -0.25) is 0 Å². The monoisotopic (exact) mass is 145 g/mol. The summed E-state index contributed by atoms with van der Waals surface area (Å²) in [6, 6.07) is 7.66. The quantitative estimate of drug-likeness (QED) is 0.606. The number of hydrogen-bond acceptors (Lipinski definition) is 3. The zero-order valence-electron chi connectivity index (χ0n) is 5.86. The molecule has 0 fully saturated rings. The Kier molecular flexibility index (Phi) is 1.22. The third-order valence-electron chi connectivity index (χ3n) is 1.58. The van der Waals surface area contributed by atoms with Crippen molar-refractivity contribution in [2.75, 3.05) is 5.73 Å². The standard InChI is InChI=1S/C8H7N3/c9-7-5-10-11-8-4-2-1-3-6(7)8/h1-5H,(H2,9,11). The molecule has 0 aliphatic rings. The second kappa shape index (κ2) is 2.20. The van der Waals surface area contributed by atoms with Gasteiger partial charge in [-0.15, -0.1) is 0 Å². The first kappa shape index (κ1) is 6.09. The van der Waals surface area contributed by atoms with Crippen molar-refractivity contribution in [3.63, 3.8) is 0 Å². The lowest BCUT2D eigenvalue weighted by atomic mass is 10.2. The molecule has 1 heterocycles. The largest absolute Gasteiger partial charge is 0.397 e. The van der Waals surface area contributed by atoms with Crippen molar-refractivity contribution >= 4 is 16.6 Å². The van der Waals surface area contributed by atoms with E-state index in [2.05, 4.69) is 10.2 Å². The van der Waals surface area contributed by atoms with Crippen molar-refractivity contribution in [2.45, 2.75) is 0 Å². The molecule has 0 saturated heterocycles. The van der Waals surface area contributed by atoms with Gasteiger partial charge in [-0.2, -0.15) is 10.2 Å². The summed E-state index contributed by atoms with van der Waals surface area (Å²) in [5.74, 6) is 0. The minimum absolute atomic E-state index is 0.676. The maximum atomic E-state index is 5.65. The molecule has 11 heavy (non-hydrogen) atoms. The first-order valence-electron chi connectivity index (χ1n) is 3.34. The van der Waals surface area contributed by atoms with E-state index in [1.54, 1.807) is 6.20 Å². The summed E-state index contributed by atoms with van der Waals surface area (Å²) in [5, 5.41) is 8.61. The number of hydrogen-bond donors (Lipinski definition) is 1. The third kappa shape index (κ3) is 0.902. The molecule has 54 valence electrons. The molecule has 3 nitrogen and oxygen atoms in total. The molecule has 0 amide bonds. The highest BCUT2D eigenvalue weighted by Gasteiger charge is 1.95. The Morgan fingerprint density at radius 3 is 2.82 bits per heavy atom. The Labute approximate surface area is 63.9 Å². The van der Waals surface area contributed by atoms with Crippen molar-refractivity contribution in [3.8, 4) is 0 Å². The molecule has 2 N–H and O–H groups in total. The molecule has 3 heteroatoms. The molecule has 0 saturated carbocycles. The van der Waals surface area contributed by atoms with Gasteiger partial charge in [-0.05, 0) is 6.07 Å². The van der Waals surface area contributed by atoms with Crippen LogP contribution >= 0.6 is 0 Å². The molecule has 2 aromatic rings. The Hall–Kier alpha value is -1.64. The predicted octanol–water partition coefficient (Wildman–Crippen LogP) is 1.21. The number of rotatable bonds is 0. The van der Waals surface area contributed by atoms with Gasteiger partial charge in [0.15, 0.2) is 0 Å². The van der Waals surface area contributed by atoms with Crippen LogP contribution in [0.15, 0.2) is 30.5 Å². The van der Waals surface area contributed by atoms with Crippen molar-refractivity contribution in [1.29, 1.82) is 0 Å². The lowest BCUT2D eigenvalue weighted by molar-refractivity contribution is 1.08. The summed E-state index contributed by atoms with van der Waals surface area (Å²) in [4.78, 5) is 0. The van der Waals surface area contributed by atoms with Gasteiger partial charge in [0.25, 0.3) is 0 Å². The van der Waals surface area contributed by atoms with Crippen LogP contribution in [0.3, 0.4) is 0 Å². The number of nitrogens with two attached hydrogens (primary N) is 1. The van der Waals surface area contributed by atoms with Gasteiger partial charge in [-0.25, -0.2) is 0 Å². The normalized spacial score (nSPS) is 10.2. The molecule has 0 aliphatic carbocycles. The Morgan fingerprint density at radius 2 is 2.00 bits per heavy atom. The minimum Gasteiger partial charge on any atom is -0.397 e. The van der Waals surface area contributed by atoms with E-state index in [0.717, 1.165) is 10.9 Å². The molecule has 1 aromatic carbocycles. The fourth-order valence-corrected chi connectivity index (χ4v) is 1.03. The van der Waals surface area contributed by atoms with E-state index in [1.165, 1.54) is 0 Å². The van der Waals surface area contributed by atoms with Crippen LogP contribution in [0.25, 0.3) is 10.9 Å². The minimum atomic E-state index is 0.676. The highest BCUT2D eigenvalue weighted by molar-refractivity contribution is 5.88. The van der Waals surface area contributed by atoms with Gasteiger partial charge >= 0.3 is 0 Å². The van der Waals surface area contributed by atoms with E-state index in [4.69, 9.17) is 5.73 Å². The number of nitrogen functional groups attached to an aromatic ring is 1. The lowest BCUT2D eigenvalue weighted by Gasteiger charge is -1.96. The SMILES string of the molecule is Nc1cnnc2ccccc12. The Bertz CT molecular complexity index is 378. The van der Waals surface area contributed by atoms with Gasteiger partial charge in [0.05, 0.1) is 17.4 Å². The number of aromatic nitrogens is 2. The summed E-state index contributed by atoms with van der Waals surface area (Å²) in [5.41, 5.74) is 7.17. The summed E-state index contributed by atoms with van der Waals surface area (Å²) in [7, 11) is 0. The van der Waals surface area contributed by atoms with Gasteiger partial charge in [0.2, 0.25) is 0 Å². The lowest BCUT2D eigenvalue weighted by Crippen LogP contribution is -1.90. The fourth-order valence-electron chi connectivity index (χ4n) is 1.03. The predicted molar refractivity (Wildman–Crippen MR) is 44.0 cm³/mol. The summed E-state index contributed by atoms with van der Waals surface area (Å²) in [6.07, 6.45) is 1.56. The first-order valence-corrected chi connectivity index (χ1v) is 3.34. The van der Waals surface area contributed by atoms with Crippen LogP contribution in [0.2, 0.25) is 0 Å². The molecular weight excluding hydrogens is 138 g/mol. The van der Waals surface area contributed by atoms with E-state index in [1.807, 2.05) is 24.3 Å². The van der Waals surface area contributed by atoms with Crippen LogP contribution in [0.4, 0.5) is 5.69 Å². The Morgan fingerprint density at radius 1 is 1.18 bits per heavy atom. The van der Waals surface area contributed by atoms with Crippen LogP contribution in [-0.4, -0.2) is 10.2 Å². The van der Waals surface area contributed by atoms with E-state index < -0.39 is 0 Å². The average Bonchev–Trinajstić information content (AvgIpc) is 2.06. The smallest absolute Gasteiger partial charge is 0.0950 e. The van der Waals surface area contributed by atoms with Gasteiger partial charge in [-0.1, -0.05) is 18.2 Å². The molecule has 0 atom stereocenters. The zero-order valence-corrected chi connectivity index (χ0v) is 5.86. The molecule has 0 unspecified atom stereocenters. The summed E-state index contributed by atoms with van der Waals surface area (Å²) >= 11 is 0. The maximum Gasteiger partial charge on any atom is 0.0950 e. The van der Waals surface area contributed by atoms with E-state index in [0.29, 0.717) is 5.69 Å². The molecule has 2 rings (SSSR count). The topological polar surface area (TPSA) is 51.8 Å². The van der Waals surface area contributed by atoms with Gasteiger partial charge in [0.1, 0.15) is 0 Å². The van der Waals surface area contributed by atoms with Gasteiger partial charge in [0, 0.05) is 5.39 Å². The third-order valence-corrected chi connectivity index (χ3v) is 1.58. The zero-order chi connectivity index (χ0) is 7.68. The average molecular weight is 145 g/mol. The van der Waals surface area contributed by atoms with Crippen molar-refractivity contribution < 1.29 is 0 Å². The molecule has 0 spiro atoms. The first-order chi connectivity index (χ1) is 5.38. The van der Waals surface area contributed by atoms with Crippen molar-refractivity contribution in [3.05, 3.63) is 30.5 Å². The Balaban J connectivity index is 2.91. The number of nitrogens with zero attached hydrogens (tertiary/aromatic N) is 2. The molecule has 1 aromatic heterocycles. The highest BCUT2D eigenvalue weighted by atomic mass is 15.1. The highest BCUT2D eigenvalue weighted by Crippen LogP contribution is 2.15. The molecular formula is C8H7N3. The van der Waals surface area contributed by atoms with Crippen LogP contribution in [0.5, 0.6) is 0 Å². The summed E-state index contributed by atoms with van der Waals surface area (Å²) in [6.45, 7) is 0. The van der Waals surface area contributed by atoms with Crippen LogP contribution in [0.1, 0.15) is 0 Å². The molecule has 0 radical (unpaired) electrons.